The first-order valence-electron chi connectivity index (χ1n) is 9.29. The Hall–Kier alpha value is -2.63. The summed E-state index contributed by atoms with van der Waals surface area (Å²) >= 11 is 0. The van der Waals surface area contributed by atoms with Crippen molar-refractivity contribution in [2.75, 3.05) is 36.4 Å². The third-order valence-electron chi connectivity index (χ3n) is 5.24. The number of halogens is 6. The number of nitrogens with zero attached hydrogens (tertiary/aromatic N) is 5. The van der Waals surface area contributed by atoms with Gasteiger partial charge in [-0.15, -0.1) is 0 Å². The molecule has 2 atom stereocenters. The fourth-order valence-corrected chi connectivity index (χ4v) is 3.88. The molecule has 30 heavy (non-hydrogen) atoms. The lowest BCUT2D eigenvalue weighted by atomic mass is 10.1. The van der Waals surface area contributed by atoms with Crippen LogP contribution in [0.3, 0.4) is 0 Å². The van der Waals surface area contributed by atoms with Crippen molar-refractivity contribution in [3.63, 3.8) is 0 Å². The van der Waals surface area contributed by atoms with E-state index in [0.717, 1.165) is 18.3 Å². The highest BCUT2D eigenvalue weighted by Gasteiger charge is 2.38. The second kappa shape index (κ2) is 7.56. The number of aromatic nitrogens is 3. The lowest BCUT2D eigenvalue weighted by Crippen LogP contribution is -2.50. The van der Waals surface area contributed by atoms with Gasteiger partial charge in [0.15, 0.2) is 0 Å². The van der Waals surface area contributed by atoms with Gasteiger partial charge in [-0.1, -0.05) is 6.07 Å². The molecule has 0 aromatic carbocycles. The summed E-state index contributed by atoms with van der Waals surface area (Å²) in [6.07, 6.45) is -7.40. The minimum atomic E-state index is -4.55. The average molecular weight is 432 g/mol. The molecule has 2 aromatic rings. The second-order valence-corrected chi connectivity index (χ2v) is 7.31. The molecule has 4 rings (SSSR count). The summed E-state index contributed by atoms with van der Waals surface area (Å²) in [6, 6.07) is 4.51. The summed E-state index contributed by atoms with van der Waals surface area (Å²) in [5.74, 6) is 0.174. The van der Waals surface area contributed by atoms with Gasteiger partial charge in [-0.3, -0.25) is 4.90 Å². The third-order valence-corrected chi connectivity index (χ3v) is 5.24. The lowest BCUT2D eigenvalue weighted by Gasteiger charge is -2.38. The van der Waals surface area contributed by atoms with Gasteiger partial charge in [0.05, 0.1) is 0 Å². The van der Waals surface area contributed by atoms with Crippen molar-refractivity contribution >= 4 is 11.8 Å². The van der Waals surface area contributed by atoms with Crippen molar-refractivity contribution in [1.29, 1.82) is 0 Å². The lowest BCUT2D eigenvalue weighted by molar-refractivity contribution is -0.141. The van der Waals surface area contributed by atoms with Crippen LogP contribution in [0.25, 0.3) is 0 Å². The number of nitrogens with one attached hydrogen (secondary N) is 1. The monoisotopic (exact) mass is 432 g/mol. The predicted molar refractivity (Wildman–Crippen MR) is 95.9 cm³/mol. The molecule has 6 nitrogen and oxygen atoms in total. The van der Waals surface area contributed by atoms with E-state index in [2.05, 4.69) is 25.2 Å². The molecule has 0 spiro atoms. The van der Waals surface area contributed by atoms with Crippen LogP contribution in [0.2, 0.25) is 0 Å². The van der Waals surface area contributed by atoms with E-state index in [1.54, 1.807) is 11.0 Å². The number of anilines is 2. The smallest absolute Gasteiger partial charge is 0.354 e. The highest BCUT2D eigenvalue weighted by Crippen LogP contribution is 2.31. The molecule has 2 fully saturated rings. The number of alkyl halides is 6. The molecule has 2 aliphatic heterocycles. The maximum Gasteiger partial charge on any atom is 0.433 e. The zero-order chi connectivity index (χ0) is 21.5. The maximum absolute atomic E-state index is 12.9. The van der Waals surface area contributed by atoms with Crippen LogP contribution in [-0.4, -0.2) is 58.1 Å². The van der Waals surface area contributed by atoms with Crippen molar-refractivity contribution in [2.24, 2.45) is 0 Å². The molecule has 0 radical (unpaired) electrons. The van der Waals surface area contributed by atoms with Crippen LogP contribution in [0, 0.1) is 0 Å². The quantitative estimate of drug-likeness (QED) is 0.752. The summed E-state index contributed by atoms with van der Waals surface area (Å²) < 4.78 is 77.3. The predicted octanol–water partition coefficient (Wildman–Crippen LogP) is 3.28. The van der Waals surface area contributed by atoms with Crippen molar-refractivity contribution in [2.45, 2.75) is 30.9 Å². The van der Waals surface area contributed by atoms with Gasteiger partial charge in [0.2, 0.25) is 5.95 Å². The summed E-state index contributed by atoms with van der Waals surface area (Å²) in [5.41, 5.74) is -1.95. The number of hydrogen-bond donors (Lipinski definition) is 1. The largest absolute Gasteiger partial charge is 0.433 e. The van der Waals surface area contributed by atoms with E-state index in [1.165, 1.54) is 6.07 Å². The Labute approximate surface area is 167 Å². The van der Waals surface area contributed by atoms with Gasteiger partial charge in [0.25, 0.3) is 0 Å². The van der Waals surface area contributed by atoms with Gasteiger partial charge in [-0.2, -0.15) is 26.3 Å². The standard InChI is InChI=1S/C18H18F6N6/c19-17(20,21)13-2-1-3-15(27-13)30-7-6-29-9-11(8-12(29)10-30)26-16-25-5-4-14(28-16)18(22,23)24/h1-5,11-12H,6-10H2,(H,25,26,28)/t11-,12-/m0/s1. The van der Waals surface area contributed by atoms with Crippen molar-refractivity contribution in [3.8, 4) is 0 Å². The Bertz CT molecular complexity index is 901. The Kier molecular flexibility index (Phi) is 5.20. The van der Waals surface area contributed by atoms with Crippen LogP contribution < -0.4 is 10.2 Å². The van der Waals surface area contributed by atoms with E-state index in [1.807, 2.05) is 0 Å². The molecule has 2 aliphatic rings. The number of hydrogen-bond acceptors (Lipinski definition) is 6. The Morgan fingerprint density at radius 3 is 2.37 bits per heavy atom. The Balaban J connectivity index is 1.41. The van der Waals surface area contributed by atoms with Crippen molar-refractivity contribution in [1.82, 2.24) is 19.9 Å². The van der Waals surface area contributed by atoms with Crippen LogP contribution >= 0.6 is 0 Å². The first-order valence-corrected chi connectivity index (χ1v) is 9.29. The third kappa shape index (κ3) is 4.42. The van der Waals surface area contributed by atoms with Gasteiger partial charge in [0.1, 0.15) is 17.2 Å². The zero-order valence-corrected chi connectivity index (χ0v) is 15.6. The van der Waals surface area contributed by atoms with Gasteiger partial charge >= 0.3 is 12.4 Å². The summed E-state index contributed by atoms with van der Waals surface area (Å²) in [6.45, 7) is 2.20. The van der Waals surface area contributed by atoms with Crippen LogP contribution in [0.15, 0.2) is 30.5 Å². The van der Waals surface area contributed by atoms with Crippen LogP contribution in [0.4, 0.5) is 38.1 Å². The molecule has 1 N–H and O–H groups in total. The van der Waals surface area contributed by atoms with E-state index >= 15 is 0 Å². The molecule has 162 valence electrons. The van der Waals surface area contributed by atoms with Gasteiger partial charge in [0, 0.05) is 44.5 Å². The fraction of sp³-hybridized carbons (Fsp3) is 0.500. The second-order valence-electron chi connectivity index (χ2n) is 7.31. The summed E-state index contributed by atoms with van der Waals surface area (Å²) in [4.78, 5) is 15.1. The van der Waals surface area contributed by atoms with E-state index in [9.17, 15) is 26.3 Å². The Morgan fingerprint density at radius 1 is 0.900 bits per heavy atom. The molecule has 2 saturated heterocycles. The minimum absolute atomic E-state index is 0.0402. The van der Waals surface area contributed by atoms with E-state index < -0.39 is 23.7 Å². The van der Waals surface area contributed by atoms with Gasteiger partial charge in [-0.25, -0.2) is 15.0 Å². The topological polar surface area (TPSA) is 57.2 Å². The molecular weight excluding hydrogens is 414 g/mol. The number of rotatable bonds is 3. The molecule has 4 heterocycles. The van der Waals surface area contributed by atoms with Crippen LogP contribution in [-0.2, 0) is 12.4 Å². The minimum Gasteiger partial charge on any atom is -0.354 e. The molecular formula is C18H18F6N6. The highest BCUT2D eigenvalue weighted by atomic mass is 19.4. The molecule has 2 aromatic heterocycles. The van der Waals surface area contributed by atoms with Crippen molar-refractivity contribution < 1.29 is 26.3 Å². The van der Waals surface area contributed by atoms with Crippen LogP contribution in [0.5, 0.6) is 0 Å². The SMILES string of the molecule is FC(F)(F)c1cccc(N2CCN3C[C@@H](Nc4nccc(C(F)(F)F)n4)C[C@H]3C2)n1. The van der Waals surface area contributed by atoms with Crippen molar-refractivity contribution in [3.05, 3.63) is 41.9 Å². The molecule has 0 unspecified atom stereocenters. The fourth-order valence-electron chi connectivity index (χ4n) is 3.88. The van der Waals surface area contributed by atoms with E-state index in [0.29, 0.717) is 32.6 Å². The van der Waals surface area contributed by atoms with Gasteiger partial charge in [-0.05, 0) is 24.6 Å². The molecule has 0 saturated carbocycles. The zero-order valence-electron chi connectivity index (χ0n) is 15.6. The summed E-state index contributed by atoms with van der Waals surface area (Å²) in [5, 5.41) is 2.95. The number of fused-ring (bicyclic) bond motifs is 1. The van der Waals surface area contributed by atoms with Crippen LogP contribution in [0.1, 0.15) is 17.8 Å². The molecule has 12 heteroatoms. The number of pyridine rings is 1. The van der Waals surface area contributed by atoms with E-state index in [-0.39, 0.29) is 23.8 Å². The first kappa shape index (κ1) is 20.6. The normalized spacial score (nSPS) is 22.8. The first-order chi connectivity index (χ1) is 14.1. The molecule has 0 aliphatic carbocycles. The molecule has 0 amide bonds. The number of piperazine rings is 1. The summed E-state index contributed by atoms with van der Waals surface area (Å²) in [7, 11) is 0. The highest BCUT2D eigenvalue weighted by molar-refractivity contribution is 5.41. The van der Waals surface area contributed by atoms with E-state index in [4.69, 9.17) is 0 Å². The Morgan fingerprint density at radius 2 is 1.63 bits per heavy atom. The average Bonchev–Trinajstić information content (AvgIpc) is 3.08. The molecule has 0 bridgehead atoms. The maximum atomic E-state index is 12.9. The van der Waals surface area contributed by atoms with Gasteiger partial charge < -0.3 is 10.2 Å².